The van der Waals surface area contributed by atoms with E-state index in [1.165, 1.54) is 12.8 Å². The van der Waals surface area contributed by atoms with Crippen LogP contribution >= 0.6 is 0 Å². The second-order valence-corrected chi connectivity index (χ2v) is 6.96. The molecule has 0 saturated heterocycles. The lowest BCUT2D eigenvalue weighted by atomic mass is 10.2. The maximum atomic E-state index is 6.18. The Morgan fingerprint density at radius 1 is 1.18 bits per heavy atom. The van der Waals surface area contributed by atoms with Crippen molar-refractivity contribution in [3.8, 4) is 11.5 Å². The Labute approximate surface area is 167 Å². The first kappa shape index (κ1) is 20.1. The van der Waals surface area contributed by atoms with Crippen LogP contribution in [0, 0.1) is 0 Å². The fraction of sp³-hybridized carbons (Fsp3) is 0.500. The van der Waals surface area contributed by atoms with Crippen LogP contribution < -0.4 is 20.1 Å². The summed E-state index contributed by atoms with van der Waals surface area (Å²) >= 11 is 0. The van der Waals surface area contributed by atoms with E-state index in [1.807, 2.05) is 30.3 Å². The standard InChI is InChI=1S/C22H31N3O3/c1-3-23-22(24-13-12-18-9-6-14-27-18)25-16-17-10-11-20(26-2)21(15-17)28-19-7-4-5-8-19/h6,9-11,14-15,19H,3-5,7-8,12-13,16H2,1-2H3,(H2,23,24,25). The minimum absolute atomic E-state index is 0.299. The van der Waals surface area contributed by atoms with E-state index in [1.54, 1.807) is 13.4 Å². The second kappa shape index (κ2) is 10.6. The Kier molecular flexibility index (Phi) is 7.64. The predicted molar refractivity (Wildman–Crippen MR) is 111 cm³/mol. The first-order chi connectivity index (χ1) is 13.8. The molecule has 1 heterocycles. The van der Waals surface area contributed by atoms with Crippen LogP contribution in [-0.4, -0.2) is 32.3 Å². The highest BCUT2D eigenvalue weighted by atomic mass is 16.5. The van der Waals surface area contributed by atoms with Gasteiger partial charge in [-0.3, -0.25) is 0 Å². The molecule has 2 N–H and O–H groups in total. The van der Waals surface area contributed by atoms with Crippen LogP contribution in [0.4, 0.5) is 0 Å². The first-order valence-corrected chi connectivity index (χ1v) is 10.2. The number of furan rings is 1. The average Bonchev–Trinajstić information content (AvgIpc) is 3.40. The number of nitrogens with one attached hydrogen (secondary N) is 2. The number of guanidine groups is 1. The molecule has 0 bridgehead atoms. The highest BCUT2D eigenvalue weighted by Crippen LogP contribution is 2.32. The zero-order valence-corrected chi connectivity index (χ0v) is 16.9. The molecule has 0 unspecified atom stereocenters. The maximum Gasteiger partial charge on any atom is 0.191 e. The molecule has 1 aromatic carbocycles. The van der Waals surface area contributed by atoms with E-state index in [4.69, 9.17) is 18.9 Å². The molecule has 152 valence electrons. The third-order valence-corrected chi connectivity index (χ3v) is 4.83. The summed E-state index contributed by atoms with van der Waals surface area (Å²) in [6, 6.07) is 9.94. The van der Waals surface area contributed by atoms with E-state index in [0.717, 1.165) is 61.1 Å². The van der Waals surface area contributed by atoms with Gasteiger partial charge >= 0.3 is 0 Å². The topological polar surface area (TPSA) is 68.0 Å². The maximum absolute atomic E-state index is 6.18. The number of rotatable bonds is 9. The molecule has 28 heavy (non-hydrogen) atoms. The third-order valence-electron chi connectivity index (χ3n) is 4.83. The quantitative estimate of drug-likeness (QED) is 0.506. The van der Waals surface area contributed by atoms with Gasteiger partial charge in [0.2, 0.25) is 0 Å². The van der Waals surface area contributed by atoms with Gasteiger partial charge in [-0.1, -0.05) is 6.07 Å². The third kappa shape index (κ3) is 5.94. The summed E-state index contributed by atoms with van der Waals surface area (Å²) in [5.41, 5.74) is 1.09. The number of nitrogens with zero attached hydrogens (tertiary/aromatic N) is 1. The summed E-state index contributed by atoms with van der Waals surface area (Å²) in [6.45, 7) is 4.20. The zero-order chi connectivity index (χ0) is 19.6. The minimum Gasteiger partial charge on any atom is -0.493 e. The first-order valence-electron chi connectivity index (χ1n) is 10.2. The van der Waals surface area contributed by atoms with Gasteiger partial charge in [0.05, 0.1) is 26.0 Å². The van der Waals surface area contributed by atoms with Gasteiger partial charge in [-0.05, 0) is 62.4 Å². The predicted octanol–water partition coefficient (Wildman–Crippen LogP) is 3.91. The number of methoxy groups -OCH3 is 1. The molecule has 1 fully saturated rings. The fourth-order valence-electron chi connectivity index (χ4n) is 3.37. The molecule has 2 aromatic rings. The molecule has 1 aromatic heterocycles. The fourth-order valence-corrected chi connectivity index (χ4v) is 3.37. The normalized spacial score (nSPS) is 14.9. The molecule has 0 aliphatic heterocycles. The number of ether oxygens (including phenoxy) is 2. The van der Waals surface area contributed by atoms with Crippen LogP contribution in [0.3, 0.4) is 0 Å². The SMILES string of the molecule is CCNC(=NCc1ccc(OC)c(OC2CCCC2)c1)NCCc1ccco1. The molecule has 1 aliphatic rings. The van der Waals surface area contributed by atoms with Crippen molar-refractivity contribution < 1.29 is 13.9 Å². The Bertz CT molecular complexity index is 737. The van der Waals surface area contributed by atoms with Gasteiger partial charge in [0.15, 0.2) is 17.5 Å². The molecule has 3 rings (SSSR count). The lowest BCUT2D eigenvalue weighted by Gasteiger charge is -2.17. The Balaban J connectivity index is 1.60. The van der Waals surface area contributed by atoms with Gasteiger partial charge in [0.1, 0.15) is 5.76 Å². The monoisotopic (exact) mass is 385 g/mol. The van der Waals surface area contributed by atoms with Crippen molar-refractivity contribution in [2.24, 2.45) is 4.99 Å². The van der Waals surface area contributed by atoms with Crippen molar-refractivity contribution in [2.45, 2.75) is 51.7 Å². The van der Waals surface area contributed by atoms with Crippen molar-refractivity contribution >= 4 is 5.96 Å². The smallest absolute Gasteiger partial charge is 0.191 e. The van der Waals surface area contributed by atoms with E-state index in [9.17, 15) is 0 Å². The van der Waals surface area contributed by atoms with Gasteiger partial charge in [0.25, 0.3) is 0 Å². The van der Waals surface area contributed by atoms with E-state index >= 15 is 0 Å². The van der Waals surface area contributed by atoms with Crippen molar-refractivity contribution in [2.75, 3.05) is 20.2 Å². The van der Waals surface area contributed by atoms with Gasteiger partial charge in [-0.15, -0.1) is 0 Å². The van der Waals surface area contributed by atoms with Crippen molar-refractivity contribution in [1.82, 2.24) is 10.6 Å². The van der Waals surface area contributed by atoms with Crippen LogP contribution in [-0.2, 0) is 13.0 Å². The average molecular weight is 386 g/mol. The largest absolute Gasteiger partial charge is 0.493 e. The van der Waals surface area contributed by atoms with Crippen LogP contribution in [0.5, 0.6) is 11.5 Å². The Morgan fingerprint density at radius 3 is 2.75 bits per heavy atom. The van der Waals surface area contributed by atoms with Gasteiger partial charge in [-0.2, -0.15) is 0 Å². The molecular weight excluding hydrogens is 354 g/mol. The number of aliphatic imine (C=N–C) groups is 1. The minimum atomic E-state index is 0.299. The summed E-state index contributed by atoms with van der Waals surface area (Å²) in [4.78, 5) is 4.70. The number of hydrogen-bond donors (Lipinski definition) is 2. The second-order valence-electron chi connectivity index (χ2n) is 6.96. The van der Waals surface area contributed by atoms with Gasteiger partial charge in [-0.25, -0.2) is 4.99 Å². The van der Waals surface area contributed by atoms with E-state index in [2.05, 4.69) is 17.6 Å². The highest BCUT2D eigenvalue weighted by molar-refractivity contribution is 5.79. The number of hydrogen-bond acceptors (Lipinski definition) is 4. The molecule has 0 spiro atoms. The molecule has 6 heteroatoms. The molecule has 0 radical (unpaired) electrons. The zero-order valence-electron chi connectivity index (χ0n) is 16.9. The Hall–Kier alpha value is -2.63. The van der Waals surface area contributed by atoms with Crippen molar-refractivity contribution in [3.63, 3.8) is 0 Å². The van der Waals surface area contributed by atoms with Crippen molar-refractivity contribution in [1.29, 1.82) is 0 Å². The molecule has 6 nitrogen and oxygen atoms in total. The van der Waals surface area contributed by atoms with Gasteiger partial charge < -0.3 is 24.5 Å². The molecule has 0 amide bonds. The van der Waals surface area contributed by atoms with Gasteiger partial charge in [0, 0.05) is 19.5 Å². The number of benzene rings is 1. The van der Waals surface area contributed by atoms with E-state index < -0.39 is 0 Å². The van der Waals surface area contributed by atoms with Crippen LogP contribution in [0.1, 0.15) is 43.9 Å². The summed E-state index contributed by atoms with van der Waals surface area (Å²) in [5.74, 6) is 3.36. The van der Waals surface area contributed by atoms with Crippen LogP contribution in [0.2, 0.25) is 0 Å². The molecule has 1 saturated carbocycles. The summed E-state index contributed by atoms with van der Waals surface area (Å²) in [5, 5.41) is 6.63. The molecule has 1 aliphatic carbocycles. The van der Waals surface area contributed by atoms with Crippen LogP contribution in [0.15, 0.2) is 46.0 Å². The van der Waals surface area contributed by atoms with Crippen molar-refractivity contribution in [3.05, 3.63) is 47.9 Å². The summed E-state index contributed by atoms with van der Waals surface area (Å²) < 4.78 is 17.0. The summed E-state index contributed by atoms with van der Waals surface area (Å²) in [6.07, 6.45) is 7.54. The highest BCUT2D eigenvalue weighted by Gasteiger charge is 2.18. The Morgan fingerprint density at radius 2 is 2.04 bits per heavy atom. The lowest BCUT2D eigenvalue weighted by molar-refractivity contribution is 0.200. The van der Waals surface area contributed by atoms with Crippen LogP contribution in [0.25, 0.3) is 0 Å². The van der Waals surface area contributed by atoms with E-state index in [0.29, 0.717) is 12.6 Å². The molecule has 0 atom stereocenters. The summed E-state index contributed by atoms with van der Waals surface area (Å²) in [7, 11) is 1.68. The molecular formula is C22H31N3O3. The van der Waals surface area contributed by atoms with E-state index in [-0.39, 0.29) is 0 Å². The lowest BCUT2D eigenvalue weighted by Crippen LogP contribution is -2.38.